The molecule has 1 aliphatic rings. The molecule has 2 aromatic carbocycles. The average Bonchev–Trinajstić information content (AvgIpc) is 3.33. The van der Waals surface area contributed by atoms with E-state index in [1.807, 2.05) is 55.5 Å². The van der Waals surface area contributed by atoms with Gasteiger partial charge < -0.3 is 10.3 Å². The Labute approximate surface area is 211 Å². The first-order chi connectivity index (χ1) is 17.4. The molecular formula is C28H30N4O3S. The molecule has 0 saturated heterocycles. The predicted octanol–water partition coefficient (Wildman–Crippen LogP) is 4.94. The Morgan fingerprint density at radius 2 is 1.78 bits per heavy atom. The van der Waals surface area contributed by atoms with Crippen molar-refractivity contribution in [2.75, 3.05) is 0 Å². The molecule has 0 aliphatic heterocycles. The maximum atomic E-state index is 13.1. The van der Waals surface area contributed by atoms with Crippen LogP contribution in [0.25, 0.3) is 22.2 Å². The molecule has 0 unspecified atom stereocenters. The van der Waals surface area contributed by atoms with Crippen LogP contribution in [0.1, 0.15) is 44.2 Å². The number of carbonyl (C=O) groups is 1. The molecule has 36 heavy (non-hydrogen) atoms. The second-order valence-corrected chi connectivity index (χ2v) is 11.2. The van der Waals surface area contributed by atoms with Crippen molar-refractivity contribution in [1.29, 1.82) is 0 Å². The van der Waals surface area contributed by atoms with Crippen molar-refractivity contribution in [3.8, 4) is 11.3 Å². The predicted molar refractivity (Wildman–Crippen MR) is 141 cm³/mol. The summed E-state index contributed by atoms with van der Waals surface area (Å²) in [6.45, 7) is 1.98. The molecule has 0 spiro atoms. The van der Waals surface area contributed by atoms with Crippen LogP contribution in [0.3, 0.4) is 0 Å². The van der Waals surface area contributed by atoms with Gasteiger partial charge in [0.1, 0.15) is 0 Å². The van der Waals surface area contributed by atoms with E-state index in [2.05, 4.69) is 20.0 Å². The number of hydrogen-bond acceptors (Lipinski definition) is 4. The summed E-state index contributed by atoms with van der Waals surface area (Å²) in [5.41, 5.74) is 3.76. The number of hydrogen-bond donors (Lipinski definition) is 3. The van der Waals surface area contributed by atoms with Crippen LogP contribution >= 0.6 is 0 Å². The number of aromatic nitrogens is 2. The second kappa shape index (κ2) is 10.2. The molecule has 3 N–H and O–H groups in total. The van der Waals surface area contributed by atoms with Crippen LogP contribution in [-0.4, -0.2) is 30.3 Å². The van der Waals surface area contributed by atoms with Gasteiger partial charge in [-0.1, -0.05) is 30.3 Å². The minimum atomic E-state index is -3.68. The van der Waals surface area contributed by atoms with Crippen molar-refractivity contribution in [1.82, 2.24) is 20.0 Å². The fourth-order valence-corrected chi connectivity index (χ4v) is 6.21. The summed E-state index contributed by atoms with van der Waals surface area (Å²) in [5, 5.41) is 3.92. The number of nitrogens with one attached hydrogen (secondary N) is 3. The van der Waals surface area contributed by atoms with E-state index >= 15 is 0 Å². The summed E-state index contributed by atoms with van der Waals surface area (Å²) in [6.07, 6.45) is 6.07. The van der Waals surface area contributed by atoms with Gasteiger partial charge in [-0.2, -0.15) is 0 Å². The number of pyridine rings is 1. The van der Waals surface area contributed by atoms with Crippen molar-refractivity contribution in [2.45, 2.75) is 49.6 Å². The monoisotopic (exact) mass is 502 g/mol. The van der Waals surface area contributed by atoms with E-state index in [0.29, 0.717) is 25.7 Å². The number of sulfonamides is 1. The largest absolute Gasteiger partial charge is 0.354 e. The summed E-state index contributed by atoms with van der Waals surface area (Å²) >= 11 is 0. The van der Waals surface area contributed by atoms with Gasteiger partial charge in [-0.15, -0.1) is 0 Å². The Bertz CT molecular complexity index is 1440. The zero-order valence-corrected chi connectivity index (χ0v) is 21.0. The van der Waals surface area contributed by atoms with Crippen LogP contribution in [0.4, 0.5) is 0 Å². The first-order valence-corrected chi connectivity index (χ1v) is 13.8. The summed E-state index contributed by atoms with van der Waals surface area (Å²) < 4.78 is 29.1. The summed E-state index contributed by atoms with van der Waals surface area (Å²) in [7, 11) is -3.68. The van der Waals surface area contributed by atoms with E-state index in [1.165, 1.54) is 0 Å². The van der Waals surface area contributed by atoms with Crippen molar-refractivity contribution < 1.29 is 13.2 Å². The van der Waals surface area contributed by atoms with Crippen LogP contribution < -0.4 is 10.0 Å². The van der Waals surface area contributed by atoms with Crippen molar-refractivity contribution in [3.05, 3.63) is 84.7 Å². The number of H-pyrrole nitrogens is 1. The molecule has 5 rings (SSSR count). The Hall–Kier alpha value is -3.49. The molecule has 8 heteroatoms. The van der Waals surface area contributed by atoms with E-state index in [1.54, 1.807) is 30.6 Å². The maximum Gasteiger partial charge on any atom is 0.240 e. The standard InChI is InChI=1S/C28H30N4O3S/c1-19(20-6-3-2-4-7-20)30-28(33)21-9-11-24(12-10-21)32-36(34,35)25-13-14-26-23(16-25)17-27(31-26)22-8-5-15-29-18-22/h2-8,13-19,21,24,31-32H,9-12H2,1H3,(H,30,33)/t19-,21-,24-/m1/s1. The van der Waals surface area contributed by atoms with Crippen LogP contribution in [0, 0.1) is 5.92 Å². The SMILES string of the molecule is C[C@@H](NC(=O)[C@H]1CC[C@H](NS(=O)(=O)c2ccc3[nH]c(-c4cccnc4)cc3c2)CC1)c1ccccc1. The van der Waals surface area contributed by atoms with Gasteiger partial charge in [-0.25, -0.2) is 13.1 Å². The maximum absolute atomic E-state index is 13.1. The molecule has 1 fully saturated rings. The molecular weight excluding hydrogens is 472 g/mol. The van der Waals surface area contributed by atoms with Crippen molar-refractivity contribution >= 4 is 26.8 Å². The number of carbonyl (C=O) groups excluding carboxylic acids is 1. The van der Waals surface area contributed by atoms with Crippen LogP contribution in [0.5, 0.6) is 0 Å². The molecule has 0 radical (unpaired) electrons. The normalized spacial score (nSPS) is 19.1. The van der Waals surface area contributed by atoms with Gasteiger partial charge in [0.25, 0.3) is 0 Å². The molecule has 1 amide bonds. The van der Waals surface area contributed by atoms with Gasteiger partial charge >= 0.3 is 0 Å². The summed E-state index contributed by atoms with van der Waals surface area (Å²) in [6, 6.07) is 20.5. The highest BCUT2D eigenvalue weighted by Gasteiger charge is 2.30. The third kappa shape index (κ3) is 5.34. The molecule has 4 aromatic rings. The minimum absolute atomic E-state index is 0.0370. The van der Waals surface area contributed by atoms with Crippen molar-refractivity contribution in [3.63, 3.8) is 0 Å². The Morgan fingerprint density at radius 1 is 1.00 bits per heavy atom. The number of rotatable bonds is 7. The fraction of sp³-hybridized carbons (Fsp3) is 0.286. The van der Waals surface area contributed by atoms with E-state index in [0.717, 1.165) is 27.7 Å². The molecule has 0 bridgehead atoms. The smallest absolute Gasteiger partial charge is 0.240 e. The van der Waals surface area contributed by atoms with Crippen molar-refractivity contribution in [2.24, 2.45) is 5.92 Å². The van der Waals surface area contributed by atoms with Gasteiger partial charge in [-0.05, 0) is 74.6 Å². The Morgan fingerprint density at radius 3 is 2.50 bits per heavy atom. The topological polar surface area (TPSA) is 104 Å². The number of aromatic amines is 1. The zero-order chi connectivity index (χ0) is 25.1. The number of amides is 1. The van der Waals surface area contributed by atoms with Gasteiger partial charge in [0.15, 0.2) is 0 Å². The summed E-state index contributed by atoms with van der Waals surface area (Å²) in [5.74, 6) is -0.0611. The fourth-order valence-electron chi connectivity index (χ4n) is 4.87. The van der Waals surface area contributed by atoms with Crippen LogP contribution in [0.2, 0.25) is 0 Å². The average molecular weight is 503 g/mol. The highest BCUT2D eigenvalue weighted by Crippen LogP contribution is 2.28. The van der Waals surface area contributed by atoms with Gasteiger partial charge in [0, 0.05) is 46.5 Å². The van der Waals surface area contributed by atoms with Crippen LogP contribution in [0.15, 0.2) is 84.0 Å². The molecule has 1 saturated carbocycles. The lowest BCUT2D eigenvalue weighted by Crippen LogP contribution is -2.41. The van der Waals surface area contributed by atoms with E-state index in [4.69, 9.17) is 0 Å². The molecule has 1 aliphatic carbocycles. The lowest BCUT2D eigenvalue weighted by atomic mass is 9.85. The number of nitrogens with zero attached hydrogens (tertiary/aromatic N) is 1. The van der Waals surface area contributed by atoms with Gasteiger partial charge in [-0.3, -0.25) is 9.78 Å². The highest BCUT2D eigenvalue weighted by molar-refractivity contribution is 7.89. The van der Waals surface area contributed by atoms with Gasteiger partial charge in [0.2, 0.25) is 15.9 Å². The Balaban J connectivity index is 1.20. The first-order valence-electron chi connectivity index (χ1n) is 12.3. The molecule has 2 aromatic heterocycles. The summed E-state index contributed by atoms with van der Waals surface area (Å²) in [4.78, 5) is 20.5. The van der Waals surface area contributed by atoms with E-state index < -0.39 is 10.0 Å². The molecule has 1 atom stereocenters. The highest BCUT2D eigenvalue weighted by atomic mass is 32.2. The third-order valence-electron chi connectivity index (χ3n) is 6.95. The molecule has 186 valence electrons. The third-order valence-corrected chi connectivity index (χ3v) is 8.47. The molecule has 2 heterocycles. The zero-order valence-electron chi connectivity index (χ0n) is 20.1. The number of fused-ring (bicyclic) bond motifs is 1. The first kappa shape index (κ1) is 24.2. The van der Waals surface area contributed by atoms with E-state index in [-0.39, 0.29) is 28.8 Å². The minimum Gasteiger partial charge on any atom is -0.354 e. The lowest BCUT2D eigenvalue weighted by Gasteiger charge is -2.29. The second-order valence-electron chi connectivity index (χ2n) is 9.48. The Kier molecular flexibility index (Phi) is 6.89. The van der Waals surface area contributed by atoms with Crippen LogP contribution in [-0.2, 0) is 14.8 Å². The molecule has 7 nitrogen and oxygen atoms in total. The van der Waals surface area contributed by atoms with Gasteiger partial charge in [0.05, 0.1) is 10.9 Å². The quantitative estimate of drug-likeness (QED) is 0.333. The number of benzene rings is 2. The van der Waals surface area contributed by atoms with E-state index in [9.17, 15) is 13.2 Å². The lowest BCUT2D eigenvalue weighted by molar-refractivity contribution is -0.126.